The molecule has 112 valence electrons. The Labute approximate surface area is 115 Å². The third-order valence-electron chi connectivity index (χ3n) is 3.79. The van der Waals surface area contributed by atoms with E-state index < -0.39 is 24.0 Å². The van der Waals surface area contributed by atoms with Gasteiger partial charge in [-0.15, -0.1) is 0 Å². The second-order valence-electron chi connectivity index (χ2n) is 5.34. The number of rotatable bonds is 2. The Morgan fingerprint density at radius 2 is 1.95 bits per heavy atom. The van der Waals surface area contributed by atoms with Gasteiger partial charge in [-0.25, -0.2) is 0 Å². The van der Waals surface area contributed by atoms with Gasteiger partial charge < -0.3 is 9.73 Å². The highest BCUT2D eigenvalue weighted by atomic mass is 19.4. The summed E-state index contributed by atoms with van der Waals surface area (Å²) in [5, 5.41) is 2.53. The number of amides is 1. The Bertz CT molecular complexity index is 493. The molecular weight excluding hydrogens is 271 g/mol. The Balaban J connectivity index is 2.11. The van der Waals surface area contributed by atoms with E-state index in [1.165, 1.54) is 0 Å². The summed E-state index contributed by atoms with van der Waals surface area (Å²) in [7, 11) is 0. The van der Waals surface area contributed by atoms with Crippen LogP contribution in [0.25, 0.3) is 0 Å². The van der Waals surface area contributed by atoms with Crippen LogP contribution in [0.3, 0.4) is 0 Å². The van der Waals surface area contributed by atoms with Gasteiger partial charge >= 0.3 is 6.18 Å². The predicted octanol–water partition coefficient (Wildman–Crippen LogP) is 3.75. The second-order valence-corrected chi connectivity index (χ2v) is 5.34. The third-order valence-corrected chi connectivity index (χ3v) is 3.79. The summed E-state index contributed by atoms with van der Waals surface area (Å²) in [6, 6.07) is 0.710. The predicted molar refractivity (Wildman–Crippen MR) is 67.4 cm³/mol. The van der Waals surface area contributed by atoms with E-state index in [9.17, 15) is 18.0 Å². The summed E-state index contributed by atoms with van der Waals surface area (Å²) < 4.78 is 44.1. The van der Waals surface area contributed by atoms with Gasteiger partial charge in [0, 0.05) is 6.04 Å². The summed E-state index contributed by atoms with van der Waals surface area (Å²) in [6.07, 6.45) is -2.55. The third kappa shape index (κ3) is 3.16. The average molecular weight is 289 g/mol. The first-order valence-electron chi connectivity index (χ1n) is 6.73. The number of nitrogens with one attached hydrogen (secondary N) is 1. The zero-order valence-electron chi connectivity index (χ0n) is 11.5. The molecule has 0 radical (unpaired) electrons. The SMILES string of the molecule is Cc1cc(C(=O)N[C@@H]2CCCC[C@H]2C(F)(F)F)c(C)o1. The molecule has 1 aromatic heterocycles. The van der Waals surface area contributed by atoms with E-state index >= 15 is 0 Å². The van der Waals surface area contributed by atoms with Crippen LogP contribution in [0.1, 0.15) is 47.6 Å². The molecule has 1 aliphatic carbocycles. The van der Waals surface area contributed by atoms with Crippen molar-refractivity contribution in [2.75, 3.05) is 0 Å². The lowest BCUT2D eigenvalue weighted by Crippen LogP contribution is -2.47. The molecule has 1 saturated carbocycles. The minimum Gasteiger partial charge on any atom is -0.466 e. The molecule has 0 aromatic carbocycles. The molecule has 1 heterocycles. The van der Waals surface area contributed by atoms with Gasteiger partial charge in [0.2, 0.25) is 0 Å². The van der Waals surface area contributed by atoms with Crippen LogP contribution in [0, 0.1) is 19.8 Å². The van der Waals surface area contributed by atoms with Crippen molar-refractivity contribution >= 4 is 5.91 Å². The number of hydrogen-bond acceptors (Lipinski definition) is 2. The first-order valence-corrected chi connectivity index (χ1v) is 6.73. The Hall–Kier alpha value is -1.46. The maximum absolute atomic E-state index is 13.0. The van der Waals surface area contributed by atoms with Gasteiger partial charge in [0.25, 0.3) is 5.91 Å². The van der Waals surface area contributed by atoms with Gasteiger partial charge in [-0.3, -0.25) is 4.79 Å². The smallest absolute Gasteiger partial charge is 0.393 e. The van der Waals surface area contributed by atoms with E-state index in [4.69, 9.17) is 4.42 Å². The number of carbonyl (C=O) groups is 1. The molecule has 3 nitrogen and oxygen atoms in total. The van der Waals surface area contributed by atoms with Crippen LogP contribution < -0.4 is 5.32 Å². The van der Waals surface area contributed by atoms with Crippen molar-refractivity contribution in [2.24, 2.45) is 5.92 Å². The summed E-state index contributed by atoms with van der Waals surface area (Å²) >= 11 is 0. The normalized spacial score (nSPS) is 23.6. The Morgan fingerprint density at radius 3 is 2.50 bits per heavy atom. The van der Waals surface area contributed by atoms with Crippen LogP contribution in [0.4, 0.5) is 13.2 Å². The topological polar surface area (TPSA) is 42.2 Å². The Kier molecular flexibility index (Phi) is 4.11. The van der Waals surface area contributed by atoms with Gasteiger partial charge in [-0.05, 0) is 32.8 Å². The van der Waals surface area contributed by atoms with Crippen molar-refractivity contribution < 1.29 is 22.4 Å². The monoisotopic (exact) mass is 289 g/mol. The van der Waals surface area contributed by atoms with E-state index in [2.05, 4.69) is 5.32 Å². The fraction of sp³-hybridized carbons (Fsp3) is 0.643. The van der Waals surface area contributed by atoms with Crippen LogP contribution in [-0.2, 0) is 0 Å². The van der Waals surface area contributed by atoms with Crippen LogP contribution in [0.2, 0.25) is 0 Å². The fourth-order valence-corrected chi connectivity index (χ4v) is 2.80. The molecule has 0 unspecified atom stereocenters. The van der Waals surface area contributed by atoms with E-state index in [1.54, 1.807) is 19.9 Å². The van der Waals surface area contributed by atoms with Gasteiger partial charge in [0.05, 0.1) is 11.5 Å². The average Bonchev–Trinajstić information content (AvgIpc) is 2.68. The minimum atomic E-state index is -4.26. The highest BCUT2D eigenvalue weighted by molar-refractivity contribution is 5.95. The van der Waals surface area contributed by atoms with Crippen molar-refractivity contribution in [3.05, 3.63) is 23.2 Å². The number of hydrogen-bond donors (Lipinski definition) is 1. The number of halogens is 3. The number of aryl methyl sites for hydroxylation is 2. The van der Waals surface area contributed by atoms with Gasteiger partial charge in [-0.1, -0.05) is 12.8 Å². The molecule has 0 saturated heterocycles. The molecule has 1 aliphatic rings. The van der Waals surface area contributed by atoms with Crippen molar-refractivity contribution in [2.45, 2.75) is 51.7 Å². The van der Waals surface area contributed by atoms with Crippen molar-refractivity contribution in [3.63, 3.8) is 0 Å². The van der Waals surface area contributed by atoms with Crippen LogP contribution in [0.15, 0.2) is 10.5 Å². The van der Waals surface area contributed by atoms with Crippen LogP contribution in [0.5, 0.6) is 0 Å². The first kappa shape index (κ1) is 14.9. The number of furan rings is 1. The molecule has 2 rings (SSSR count). The van der Waals surface area contributed by atoms with Crippen molar-refractivity contribution in [1.82, 2.24) is 5.32 Å². The van der Waals surface area contributed by atoms with Crippen LogP contribution in [-0.4, -0.2) is 18.1 Å². The molecule has 0 aliphatic heterocycles. The van der Waals surface area contributed by atoms with E-state index in [1.807, 2.05) is 0 Å². The molecule has 6 heteroatoms. The van der Waals surface area contributed by atoms with E-state index in [0.717, 1.165) is 0 Å². The first-order chi connectivity index (χ1) is 9.29. The highest BCUT2D eigenvalue weighted by Crippen LogP contribution is 2.37. The maximum atomic E-state index is 13.0. The summed E-state index contributed by atoms with van der Waals surface area (Å²) in [5.74, 6) is -0.933. The van der Waals surface area contributed by atoms with Gasteiger partial charge in [0.1, 0.15) is 11.5 Å². The molecular formula is C14H18F3NO2. The standard InChI is InChI=1S/C14H18F3NO2/c1-8-7-10(9(2)20-8)13(19)18-12-6-4-3-5-11(12)14(15,16)17/h7,11-12H,3-6H2,1-2H3,(H,18,19)/t11-,12-/m1/s1. The quantitative estimate of drug-likeness (QED) is 0.901. The second kappa shape index (κ2) is 5.50. The number of alkyl halides is 3. The molecule has 2 atom stereocenters. The zero-order valence-corrected chi connectivity index (χ0v) is 11.5. The summed E-state index contributed by atoms with van der Waals surface area (Å²) in [5.41, 5.74) is 0.314. The van der Waals surface area contributed by atoms with Crippen molar-refractivity contribution in [3.8, 4) is 0 Å². The Morgan fingerprint density at radius 1 is 1.30 bits per heavy atom. The van der Waals surface area contributed by atoms with Crippen LogP contribution >= 0.6 is 0 Å². The van der Waals surface area contributed by atoms with E-state index in [-0.39, 0.29) is 6.42 Å². The summed E-state index contributed by atoms with van der Waals surface area (Å²) in [4.78, 5) is 12.1. The molecule has 0 bridgehead atoms. The fourth-order valence-electron chi connectivity index (χ4n) is 2.80. The summed E-state index contributed by atoms with van der Waals surface area (Å²) in [6.45, 7) is 3.33. The lowest BCUT2D eigenvalue weighted by molar-refractivity contribution is -0.187. The molecule has 20 heavy (non-hydrogen) atoms. The largest absolute Gasteiger partial charge is 0.466 e. The lowest BCUT2D eigenvalue weighted by atomic mass is 9.84. The molecule has 1 N–H and O–H groups in total. The number of carbonyl (C=O) groups excluding carboxylic acids is 1. The molecule has 1 fully saturated rings. The van der Waals surface area contributed by atoms with Crippen molar-refractivity contribution in [1.29, 1.82) is 0 Å². The zero-order chi connectivity index (χ0) is 14.9. The van der Waals surface area contributed by atoms with E-state index in [0.29, 0.717) is 36.3 Å². The van der Waals surface area contributed by atoms with Gasteiger partial charge in [-0.2, -0.15) is 13.2 Å². The molecule has 0 spiro atoms. The highest BCUT2D eigenvalue weighted by Gasteiger charge is 2.46. The lowest BCUT2D eigenvalue weighted by Gasteiger charge is -2.33. The minimum absolute atomic E-state index is 0.0812. The maximum Gasteiger partial charge on any atom is 0.393 e. The van der Waals surface area contributed by atoms with Gasteiger partial charge in [0.15, 0.2) is 0 Å². The molecule has 1 aromatic rings. The molecule has 1 amide bonds.